The fourth-order valence-electron chi connectivity index (χ4n) is 5.09. The van der Waals surface area contributed by atoms with Gasteiger partial charge in [-0.2, -0.15) is 4.39 Å². The number of furan rings is 1. The zero-order valence-corrected chi connectivity index (χ0v) is 21.1. The maximum Gasteiger partial charge on any atom is 0.278 e. The Morgan fingerprint density at radius 3 is 2.69 bits per heavy atom. The van der Waals surface area contributed by atoms with Crippen molar-refractivity contribution in [3.8, 4) is 0 Å². The van der Waals surface area contributed by atoms with Crippen molar-refractivity contribution in [2.24, 2.45) is 0 Å². The van der Waals surface area contributed by atoms with Gasteiger partial charge in [0, 0.05) is 66.8 Å². The molecule has 8 nitrogen and oxygen atoms in total. The molecule has 1 saturated heterocycles. The van der Waals surface area contributed by atoms with Gasteiger partial charge in [-0.05, 0) is 44.7 Å². The number of allylic oxidation sites excluding steroid dienone is 2. The highest BCUT2D eigenvalue weighted by molar-refractivity contribution is 6.09. The quantitative estimate of drug-likeness (QED) is 0.533. The molecule has 192 valence electrons. The SMILES string of the molecule is CCc1c(N(CC)C2CCOCC2)cc2oc(F)cc2c1C(=O)NCC1=C(OC)C=C(C)NC1=C=O. The Kier molecular flexibility index (Phi) is 7.82. The van der Waals surface area contributed by atoms with Gasteiger partial charge in [-0.1, -0.05) is 6.92 Å². The van der Waals surface area contributed by atoms with Gasteiger partial charge in [0.15, 0.2) is 5.94 Å². The van der Waals surface area contributed by atoms with Crippen LogP contribution in [0.3, 0.4) is 0 Å². The summed E-state index contributed by atoms with van der Waals surface area (Å²) in [6.07, 6.45) is 4.06. The molecule has 1 aromatic heterocycles. The average Bonchev–Trinajstić information content (AvgIpc) is 3.26. The molecule has 1 amide bonds. The van der Waals surface area contributed by atoms with Gasteiger partial charge in [0.2, 0.25) is 0 Å². The summed E-state index contributed by atoms with van der Waals surface area (Å²) < 4.78 is 30.6. The monoisotopic (exact) mass is 497 g/mol. The normalized spacial score (nSPS) is 16.5. The molecule has 0 aliphatic carbocycles. The Bertz CT molecular complexity index is 1270. The van der Waals surface area contributed by atoms with E-state index in [4.69, 9.17) is 13.9 Å². The van der Waals surface area contributed by atoms with Crippen LogP contribution >= 0.6 is 0 Å². The minimum atomic E-state index is -0.750. The third-order valence-electron chi connectivity index (χ3n) is 6.76. The van der Waals surface area contributed by atoms with E-state index >= 15 is 0 Å². The standard InChI is InChI=1S/C27H32FN3O5/c1-5-18-22(31(6-2)17-7-9-35-10-8-17)13-24-19(12-25(28)36-24)26(18)27(33)29-14-20-21(15-32)30-16(3)11-23(20)34-4/h11-13,17,30H,5-10,14H2,1-4H3,(H,29,33). The fourth-order valence-corrected chi connectivity index (χ4v) is 5.09. The Balaban J connectivity index is 1.76. The second-order valence-electron chi connectivity index (χ2n) is 8.85. The van der Waals surface area contributed by atoms with Gasteiger partial charge in [0.1, 0.15) is 17.0 Å². The first kappa shape index (κ1) is 25.5. The lowest BCUT2D eigenvalue weighted by Gasteiger charge is -2.37. The van der Waals surface area contributed by atoms with Crippen LogP contribution in [0.5, 0.6) is 0 Å². The molecular weight excluding hydrogens is 465 g/mol. The van der Waals surface area contributed by atoms with Crippen molar-refractivity contribution in [3.05, 3.63) is 58.1 Å². The largest absolute Gasteiger partial charge is 0.496 e. The molecule has 2 aromatic rings. The van der Waals surface area contributed by atoms with Gasteiger partial charge >= 0.3 is 0 Å². The molecule has 2 aliphatic heterocycles. The molecular formula is C27H32FN3O5. The van der Waals surface area contributed by atoms with Crippen molar-refractivity contribution in [1.29, 1.82) is 0 Å². The number of anilines is 1. The molecule has 9 heteroatoms. The van der Waals surface area contributed by atoms with Crippen molar-refractivity contribution in [3.63, 3.8) is 0 Å². The first-order valence-electron chi connectivity index (χ1n) is 12.3. The number of halogens is 1. The lowest BCUT2D eigenvalue weighted by Crippen LogP contribution is -2.40. The summed E-state index contributed by atoms with van der Waals surface area (Å²) in [4.78, 5) is 27.5. The van der Waals surface area contributed by atoms with E-state index in [0.717, 1.165) is 36.3 Å². The van der Waals surface area contributed by atoms with Crippen LogP contribution in [0.15, 0.2) is 45.4 Å². The van der Waals surface area contributed by atoms with Gasteiger partial charge in [0.05, 0.1) is 12.7 Å². The molecule has 1 aromatic carbocycles. The van der Waals surface area contributed by atoms with Crippen molar-refractivity contribution in [1.82, 2.24) is 10.6 Å². The van der Waals surface area contributed by atoms with Crippen molar-refractivity contribution in [2.75, 3.05) is 38.3 Å². The molecule has 2 aliphatic rings. The highest BCUT2D eigenvalue weighted by Gasteiger charge is 2.28. The van der Waals surface area contributed by atoms with Crippen LogP contribution in [0.25, 0.3) is 11.0 Å². The second kappa shape index (κ2) is 11.0. The number of benzene rings is 1. The van der Waals surface area contributed by atoms with Gasteiger partial charge < -0.3 is 29.4 Å². The lowest BCUT2D eigenvalue weighted by molar-refractivity contribution is 0.0845. The number of hydrogen-bond acceptors (Lipinski definition) is 7. The molecule has 0 atom stereocenters. The first-order valence-corrected chi connectivity index (χ1v) is 12.3. The Morgan fingerprint density at radius 1 is 1.31 bits per heavy atom. The summed E-state index contributed by atoms with van der Waals surface area (Å²) >= 11 is 0. The minimum absolute atomic E-state index is 0.0238. The number of amides is 1. The summed E-state index contributed by atoms with van der Waals surface area (Å²) in [5.74, 6) is 1.96. The minimum Gasteiger partial charge on any atom is -0.496 e. The topological polar surface area (TPSA) is 93.0 Å². The van der Waals surface area contributed by atoms with E-state index in [9.17, 15) is 14.0 Å². The fraction of sp³-hybridized carbons (Fsp3) is 0.444. The number of ether oxygens (including phenoxy) is 2. The van der Waals surface area contributed by atoms with Gasteiger partial charge in [0.25, 0.3) is 11.9 Å². The summed E-state index contributed by atoms with van der Waals surface area (Å²) in [5.41, 5.74) is 3.78. The third-order valence-corrected chi connectivity index (χ3v) is 6.76. The van der Waals surface area contributed by atoms with Crippen molar-refractivity contribution in [2.45, 2.75) is 46.1 Å². The van der Waals surface area contributed by atoms with Gasteiger partial charge in [-0.3, -0.25) is 4.79 Å². The van der Waals surface area contributed by atoms with Crippen LogP contribution < -0.4 is 15.5 Å². The van der Waals surface area contributed by atoms with Crippen LogP contribution in [0.1, 0.15) is 49.5 Å². The zero-order valence-electron chi connectivity index (χ0n) is 21.1. The molecule has 0 bridgehead atoms. The van der Waals surface area contributed by atoms with E-state index in [-0.39, 0.29) is 24.2 Å². The van der Waals surface area contributed by atoms with E-state index < -0.39 is 6.01 Å². The maximum atomic E-state index is 14.3. The van der Waals surface area contributed by atoms with Crippen LogP contribution in [-0.2, 0) is 20.7 Å². The second-order valence-corrected chi connectivity index (χ2v) is 8.85. The van der Waals surface area contributed by atoms with Crippen molar-refractivity contribution < 1.29 is 27.9 Å². The summed E-state index contributed by atoms with van der Waals surface area (Å²) in [5, 5.41) is 6.27. The highest BCUT2D eigenvalue weighted by atomic mass is 19.1. The molecule has 36 heavy (non-hydrogen) atoms. The van der Waals surface area contributed by atoms with Crippen LogP contribution in [0.4, 0.5) is 10.1 Å². The molecule has 4 rings (SSSR count). The number of nitrogens with zero attached hydrogens (tertiary/aromatic N) is 1. The molecule has 0 radical (unpaired) electrons. The average molecular weight is 498 g/mol. The van der Waals surface area contributed by atoms with E-state index in [1.54, 1.807) is 13.0 Å². The number of carbonyl (C=O) groups excluding carboxylic acids is 2. The Labute approximate surface area is 209 Å². The van der Waals surface area contributed by atoms with E-state index in [1.165, 1.54) is 13.2 Å². The van der Waals surface area contributed by atoms with Gasteiger partial charge in [-0.25, -0.2) is 4.79 Å². The van der Waals surface area contributed by atoms with E-state index in [2.05, 4.69) is 22.5 Å². The predicted octanol–water partition coefficient (Wildman–Crippen LogP) is 3.99. The molecule has 2 N–H and O–H groups in total. The molecule has 0 spiro atoms. The number of nitrogens with one attached hydrogen (secondary N) is 2. The number of hydrogen-bond donors (Lipinski definition) is 2. The number of fused-ring (bicyclic) bond motifs is 1. The highest BCUT2D eigenvalue weighted by Crippen LogP contribution is 2.36. The van der Waals surface area contributed by atoms with E-state index in [0.29, 0.717) is 47.5 Å². The molecule has 3 heterocycles. The first-order chi connectivity index (χ1) is 17.4. The maximum absolute atomic E-state index is 14.3. The van der Waals surface area contributed by atoms with E-state index in [1.807, 2.05) is 18.9 Å². The Morgan fingerprint density at radius 2 is 2.06 bits per heavy atom. The summed E-state index contributed by atoms with van der Waals surface area (Å²) in [6.45, 7) is 7.95. The summed E-state index contributed by atoms with van der Waals surface area (Å²) in [7, 11) is 1.50. The van der Waals surface area contributed by atoms with Crippen LogP contribution in [0, 0.1) is 6.01 Å². The molecule has 0 saturated carbocycles. The number of dihydropyridines is 1. The van der Waals surface area contributed by atoms with Crippen LogP contribution in [0.2, 0.25) is 0 Å². The number of rotatable bonds is 8. The van der Waals surface area contributed by atoms with Crippen molar-refractivity contribution >= 4 is 28.5 Å². The Hall–Kier alpha value is -3.55. The number of methoxy groups -OCH3 is 1. The summed E-state index contributed by atoms with van der Waals surface area (Å²) in [6, 6.07) is 2.59. The predicted molar refractivity (Wildman–Crippen MR) is 135 cm³/mol. The van der Waals surface area contributed by atoms with Crippen LogP contribution in [-0.4, -0.2) is 51.3 Å². The smallest absolute Gasteiger partial charge is 0.278 e. The molecule has 1 fully saturated rings. The number of carbonyl (C=O) groups is 1. The van der Waals surface area contributed by atoms with Gasteiger partial charge in [-0.15, -0.1) is 0 Å². The lowest BCUT2D eigenvalue weighted by atomic mass is 9.95. The molecule has 0 unspecified atom stereocenters. The zero-order chi connectivity index (χ0) is 25.8. The third kappa shape index (κ3) is 4.90.